The molecule has 1 amide bonds. The molecule has 1 aliphatic rings. The lowest BCUT2D eigenvalue weighted by Crippen LogP contribution is -2.58. The Morgan fingerprint density at radius 2 is 1.70 bits per heavy atom. The summed E-state index contributed by atoms with van der Waals surface area (Å²) in [4.78, 5) is 44.6. The van der Waals surface area contributed by atoms with Gasteiger partial charge in [0.2, 0.25) is 5.91 Å². The summed E-state index contributed by atoms with van der Waals surface area (Å²) in [5, 5.41) is 0.781. The van der Waals surface area contributed by atoms with Crippen molar-refractivity contribution in [1.29, 1.82) is 0 Å². The molecule has 10 heteroatoms. The van der Waals surface area contributed by atoms with Crippen LogP contribution in [0.25, 0.3) is 28.0 Å². The number of piperazine rings is 1. The van der Waals surface area contributed by atoms with Crippen LogP contribution < -0.4 is 10.6 Å². The second-order valence-corrected chi connectivity index (χ2v) is 12.2. The van der Waals surface area contributed by atoms with E-state index in [0.717, 1.165) is 11.1 Å². The largest absolute Gasteiger partial charge is 0.355 e. The summed E-state index contributed by atoms with van der Waals surface area (Å²) in [6.07, 6.45) is 4.85. The minimum absolute atomic E-state index is 0.0394. The topological polar surface area (TPSA) is 84.2 Å². The van der Waals surface area contributed by atoms with Gasteiger partial charge in [0.15, 0.2) is 5.65 Å². The zero-order valence-corrected chi connectivity index (χ0v) is 26.1. The molecule has 4 aromatic rings. The predicted octanol–water partition coefficient (Wildman–Crippen LogP) is 6.49. The number of pyridine rings is 2. The van der Waals surface area contributed by atoms with Crippen LogP contribution in [0, 0.1) is 5.82 Å². The molecule has 0 radical (unpaired) electrons. The summed E-state index contributed by atoms with van der Waals surface area (Å²) >= 11 is 6.83. The van der Waals surface area contributed by atoms with E-state index in [0.29, 0.717) is 35.6 Å². The van der Waals surface area contributed by atoms with E-state index in [1.54, 1.807) is 41.6 Å². The van der Waals surface area contributed by atoms with Crippen LogP contribution >= 0.6 is 11.6 Å². The molecule has 4 heterocycles. The Balaban J connectivity index is 1.86. The number of hydrogen-bond acceptors (Lipinski definition) is 6. The maximum absolute atomic E-state index is 15.1. The molecular weight excluding hydrogens is 567 g/mol. The van der Waals surface area contributed by atoms with Crippen molar-refractivity contribution >= 4 is 34.4 Å². The number of aromatic nitrogens is 4. The first-order valence-corrected chi connectivity index (χ1v) is 14.9. The van der Waals surface area contributed by atoms with Crippen molar-refractivity contribution < 1.29 is 9.18 Å². The molecule has 3 aromatic heterocycles. The first-order valence-electron chi connectivity index (χ1n) is 14.5. The van der Waals surface area contributed by atoms with E-state index in [9.17, 15) is 9.59 Å². The van der Waals surface area contributed by atoms with Crippen molar-refractivity contribution in [2.24, 2.45) is 0 Å². The molecule has 0 bridgehead atoms. The van der Waals surface area contributed by atoms with Crippen molar-refractivity contribution in [1.82, 2.24) is 24.4 Å². The summed E-state index contributed by atoms with van der Waals surface area (Å²) in [6, 6.07) is 7.67. The molecule has 0 saturated carbocycles. The highest BCUT2D eigenvalue weighted by Gasteiger charge is 2.34. The Kier molecular flexibility index (Phi) is 8.38. The average molecular weight is 603 g/mol. The maximum Gasteiger partial charge on any atom is 0.355 e. The first kappa shape index (κ1) is 30.4. The Bertz CT molecular complexity index is 1760. The third-order valence-corrected chi connectivity index (χ3v) is 8.38. The molecule has 2 atom stereocenters. The van der Waals surface area contributed by atoms with Crippen molar-refractivity contribution in [3.8, 4) is 16.9 Å². The fourth-order valence-corrected chi connectivity index (χ4v) is 6.06. The van der Waals surface area contributed by atoms with Gasteiger partial charge in [0.25, 0.3) is 0 Å². The number of carbonyl (C=O) groups excluding carboxylic acids is 1. The zero-order chi connectivity index (χ0) is 31.2. The second kappa shape index (κ2) is 11.9. The number of nitrogens with zero attached hydrogens (tertiary/aromatic N) is 6. The number of carbonyl (C=O) groups is 1. The third kappa shape index (κ3) is 5.42. The fraction of sp³-hybridized carbons (Fsp3) is 0.364. The van der Waals surface area contributed by atoms with E-state index >= 15 is 4.39 Å². The average Bonchev–Trinajstić information content (AvgIpc) is 2.97. The van der Waals surface area contributed by atoms with Crippen LogP contribution in [0.1, 0.15) is 64.5 Å². The molecule has 5 rings (SSSR count). The molecule has 0 spiro atoms. The minimum atomic E-state index is -0.517. The lowest BCUT2D eigenvalue weighted by Gasteiger charge is -2.44. The van der Waals surface area contributed by atoms with E-state index in [2.05, 4.69) is 16.5 Å². The zero-order valence-electron chi connectivity index (χ0n) is 25.3. The minimum Gasteiger partial charge on any atom is -0.349 e. The highest BCUT2D eigenvalue weighted by atomic mass is 35.5. The lowest BCUT2D eigenvalue weighted by molar-refractivity contribution is -0.128. The van der Waals surface area contributed by atoms with Gasteiger partial charge in [-0.2, -0.15) is 4.98 Å². The van der Waals surface area contributed by atoms with Gasteiger partial charge in [-0.1, -0.05) is 58.0 Å². The fourth-order valence-electron chi connectivity index (χ4n) is 5.80. The van der Waals surface area contributed by atoms with Crippen LogP contribution in [-0.4, -0.2) is 55.5 Å². The van der Waals surface area contributed by atoms with Gasteiger partial charge in [-0.3, -0.25) is 9.78 Å². The van der Waals surface area contributed by atoms with Crippen molar-refractivity contribution in [3.63, 3.8) is 0 Å². The van der Waals surface area contributed by atoms with E-state index in [-0.39, 0.29) is 46.1 Å². The predicted molar refractivity (Wildman–Crippen MR) is 170 cm³/mol. The number of fused-ring (bicyclic) bond motifs is 1. The third-order valence-electron chi connectivity index (χ3n) is 8.09. The van der Waals surface area contributed by atoms with Crippen molar-refractivity contribution in [3.05, 3.63) is 87.8 Å². The Labute approximate surface area is 255 Å². The number of amides is 1. The van der Waals surface area contributed by atoms with Crippen LogP contribution in [0.15, 0.2) is 60.2 Å². The van der Waals surface area contributed by atoms with Crippen LogP contribution in [-0.2, 0) is 4.79 Å². The van der Waals surface area contributed by atoms with E-state index < -0.39 is 11.5 Å². The number of rotatable bonds is 6. The second-order valence-electron chi connectivity index (χ2n) is 11.7. The quantitative estimate of drug-likeness (QED) is 0.234. The molecule has 0 unspecified atom stereocenters. The Hall–Kier alpha value is -4.11. The Morgan fingerprint density at radius 3 is 2.30 bits per heavy atom. The van der Waals surface area contributed by atoms with Gasteiger partial charge in [-0.05, 0) is 61.1 Å². The smallest absolute Gasteiger partial charge is 0.349 e. The molecule has 1 fully saturated rings. The molecule has 0 aliphatic carbocycles. The highest BCUT2D eigenvalue weighted by molar-refractivity contribution is 6.33. The number of hydrogen-bond donors (Lipinski definition) is 0. The molecule has 224 valence electrons. The molecule has 1 saturated heterocycles. The molecule has 0 N–H and O–H groups in total. The number of halogens is 2. The van der Waals surface area contributed by atoms with Gasteiger partial charge in [-0.15, -0.1) is 0 Å². The van der Waals surface area contributed by atoms with Gasteiger partial charge in [0.1, 0.15) is 11.6 Å². The van der Waals surface area contributed by atoms with Crippen LogP contribution in [0.3, 0.4) is 0 Å². The summed E-state index contributed by atoms with van der Waals surface area (Å²) < 4.78 is 16.6. The van der Waals surface area contributed by atoms with Gasteiger partial charge < -0.3 is 9.80 Å². The highest BCUT2D eigenvalue weighted by Crippen LogP contribution is 2.37. The maximum atomic E-state index is 15.1. The van der Waals surface area contributed by atoms with Gasteiger partial charge >= 0.3 is 5.69 Å². The summed E-state index contributed by atoms with van der Waals surface area (Å²) in [7, 11) is 0. The Morgan fingerprint density at radius 1 is 1.05 bits per heavy atom. The van der Waals surface area contributed by atoms with Crippen molar-refractivity contribution in [2.45, 2.75) is 65.5 Å². The first-order chi connectivity index (χ1) is 20.4. The van der Waals surface area contributed by atoms with Gasteiger partial charge in [0.05, 0.1) is 21.8 Å². The summed E-state index contributed by atoms with van der Waals surface area (Å²) in [6.45, 7) is 16.6. The normalized spacial score (nSPS) is 17.3. The molecule has 1 aliphatic heterocycles. The SMILES string of the molecule is C=CC(=O)N1C[C@H](C)N(c2nc(=O)n(-c3c(C(C)C)cncc3C(C)C)c3nc(-c4ccccc4F)c(Cl)cc23)C[C@H]1C. The van der Waals surface area contributed by atoms with E-state index in [4.69, 9.17) is 16.6 Å². The van der Waals surface area contributed by atoms with Crippen molar-refractivity contribution in [2.75, 3.05) is 18.0 Å². The number of benzene rings is 1. The number of anilines is 1. The molecule has 1 aromatic carbocycles. The molecule has 43 heavy (non-hydrogen) atoms. The van der Waals surface area contributed by atoms with Gasteiger partial charge in [0, 0.05) is 43.1 Å². The van der Waals surface area contributed by atoms with Crippen LogP contribution in [0.2, 0.25) is 5.02 Å². The van der Waals surface area contributed by atoms with Gasteiger partial charge in [-0.25, -0.2) is 18.7 Å². The molecular formula is C33H36ClFN6O2. The molecule has 8 nitrogen and oxygen atoms in total. The summed E-state index contributed by atoms with van der Waals surface area (Å²) in [5.41, 5.74) is 2.66. The van der Waals surface area contributed by atoms with Crippen LogP contribution in [0.4, 0.5) is 10.2 Å². The lowest BCUT2D eigenvalue weighted by atomic mass is 9.95. The standard InChI is InChI=1S/C33H36ClFN6O2/c1-8-28(42)39-16-21(7)40(17-20(39)6)31-23-13-26(34)29(22-11-9-10-12-27(22)35)37-32(23)41(33(43)38-31)30-24(18(2)3)14-36-15-25(30)19(4)5/h8-15,18-21H,1,16-17H2,2-7H3/t20-,21+/m1/s1. The monoisotopic (exact) mass is 602 g/mol. The van der Waals surface area contributed by atoms with Crippen LogP contribution in [0.5, 0.6) is 0 Å². The van der Waals surface area contributed by atoms with E-state index in [1.807, 2.05) is 46.4 Å². The van der Waals surface area contributed by atoms with E-state index in [1.165, 1.54) is 16.7 Å². The summed E-state index contributed by atoms with van der Waals surface area (Å²) in [5.74, 6) is -0.122.